The molecule has 2 unspecified atom stereocenters. The molecule has 2 aliphatic heterocycles. The molecule has 25 heavy (non-hydrogen) atoms. The molecule has 1 N–H and O–H groups in total. The van der Waals surface area contributed by atoms with Gasteiger partial charge in [-0.05, 0) is 37.2 Å². The molecule has 2 saturated heterocycles. The number of piperazine rings is 1. The van der Waals surface area contributed by atoms with Crippen molar-refractivity contribution < 1.29 is 18.4 Å². The summed E-state index contributed by atoms with van der Waals surface area (Å²) in [5, 5.41) is 5.97. The molecule has 3 aliphatic rings. The zero-order chi connectivity index (χ0) is 17.8. The Labute approximate surface area is 144 Å². The monoisotopic (exact) mass is 352 g/mol. The molecule has 1 saturated carbocycles. The van der Waals surface area contributed by atoms with E-state index in [2.05, 4.69) is 17.1 Å². The Bertz CT molecular complexity index is 687. The highest BCUT2D eigenvalue weighted by atomic mass is 19.3. The molecule has 1 aliphatic carbocycles. The van der Waals surface area contributed by atoms with Gasteiger partial charge in [-0.15, -0.1) is 0 Å². The van der Waals surface area contributed by atoms with Crippen LogP contribution in [0.3, 0.4) is 0 Å². The Hall–Kier alpha value is -1.99. The summed E-state index contributed by atoms with van der Waals surface area (Å²) in [4.78, 5) is 28.8. The molecule has 3 fully saturated rings. The second-order valence-corrected chi connectivity index (χ2v) is 7.89. The molecule has 2 amide bonds. The number of carbonyl (C=O) groups is 2. The lowest BCUT2D eigenvalue weighted by Crippen LogP contribution is -2.57. The molecule has 2 bridgehead atoms. The van der Waals surface area contributed by atoms with Crippen molar-refractivity contribution in [3.63, 3.8) is 0 Å². The van der Waals surface area contributed by atoms with E-state index in [0.717, 1.165) is 31.7 Å². The van der Waals surface area contributed by atoms with Crippen molar-refractivity contribution in [1.29, 1.82) is 0 Å². The van der Waals surface area contributed by atoms with Gasteiger partial charge in [-0.25, -0.2) is 8.78 Å². The lowest BCUT2D eigenvalue weighted by molar-refractivity contribution is -0.135. The topological polar surface area (TPSA) is 69.3 Å². The quantitative estimate of drug-likeness (QED) is 0.904. The summed E-state index contributed by atoms with van der Waals surface area (Å²) >= 11 is 0. The summed E-state index contributed by atoms with van der Waals surface area (Å²) < 4.78 is 25.4. The number of halogens is 2. The molecular formula is C17H22F2N4O2. The first-order valence-corrected chi connectivity index (χ1v) is 8.80. The fourth-order valence-electron chi connectivity index (χ4n) is 4.00. The van der Waals surface area contributed by atoms with Gasteiger partial charge in [-0.2, -0.15) is 5.10 Å². The van der Waals surface area contributed by atoms with Gasteiger partial charge in [0.05, 0.1) is 12.1 Å². The van der Waals surface area contributed by atoms with Crippen molar-refractivity contribution in [2.45, 2.75) is 57.5 Å². The number of aromatic amines is 1. The fourth-order valence-corrected chi connectivity index (χ4v) is 4.00. The second kappa shape index (κ2) is 5.78. The van der Waals surface area contributed by atoms with Crippen LogP contribution in [0.4, 0.5) is 8.78 Å². The van der Waals surface area contributed by atoms with Gasteiger partial charge in [0.2, 0.25) is 5.91 Å². The average molecular weight is 352 g/mol. The summed E-state index contributed by atoms with van der Waals surface area (Å²) in [5.74, 6) is -0.152. The van der Waals surface area contributed by atoms with Crippen LogP contribution in [-0.2, 0) is 4.79 Å². The Morgan fingerprint density at radius 1 is 1.32 bits per heavy atom. The first kappa shape index (κ1) is 16.5. The standard InChI is InChI=1S/C17H22F2N4O2/c1-17(4-5-17)7-14(24)22-8-10-2-3-11(9-22)23(10)16(25)13-6-12(15(18)19)20-21-13/h6,10-11,15H,2-5,7-9H2,1H3,(H,20,21). The molecule has 1 aromatic rings. The van der Waals surface area contributed by atoms with E-state index in [1.165, 1.54) is 0 Å². The minimum Gasteiger partial charge on any atom is -0.339 e. The maximum atomic E-state index is 12.7. The van der Waals surface area contributed by atoms with E-state index in [1.807, 2.05) is 4.90 Å². The number of alkyl halides is 2. The van der Waals surface area contributed by atoms with Crippen LogP contribution >= 0.6 is 0 Å². The van der Waals surface area contributed by atoms with E-state index < -0.39 is 6.43 Å². The number of aromatic nitrogens is 2. The number of H-pyrrole nitrogens is 1. The van der Waals surface area contributed by atoms with Crippen molar-refractivity contribution in [3.8, 4) is 0 Å². The number of hydrogen-bond donors (Lipinski definition) is 1. The Morgan fingerprint density at radius 2 is 1.96 bits per heavy atom. The molecule has 8 heteroatoms. The minimum atomic E-state index is -2.68. The van der Waals surface area contributed by atoms with Crippen LogP contribution in [0.25, 0.3) is 0 Å². The van der Waals surface area contributed by atoms with Gasteiger partial charge in [-0.1, -0.05) is 6.92 Å². The highest BCUT2D eigenvalue weighted by Gasteiger charge is 2.46. The van der Waals surface area contributed by atoms with Crippen LogP contribution in [0.1, 0.15) is 61.6 Å². The molecule has 4 rings (SSSR count). The van der Waals surface area contributed by atoms with E-state index in [9.17, 15) is 18.4 Å². The zero-order valence-electron chi connectivity index (χ0n) is 14.2. The summed E-state index contributed by atoms with van der Waals surface area (Å²) in [7, 11) is 0. The van der Waals surface area contributed by atoms with Crippen molar-refractivity contribution in [3.05, 3.63) is 17.5 Å². The highest BCUT2D eigenvalue weighted by molar-refractivity contribution is 5.93. The van der Waals surface area contributed by atoms with Crippen LogP contribution in [0.2, 0.25) is 0 Å². The van der Waals surface area contributed by atoms with Gasteiger partial charge in [0.25, 0.3) is 12.3 Å². The third kappa shape index (κ3) is 3.02. The number of amides is 2. The van der Waals surface area contributed by atoms with Crippen LogP contribution in [0.15, 0.2) is 6.07 Å². The average Bonchev–Trinajstić information content (AvgIpc) is 3.00. The number of hydrogen-bond acceptors (Lipinski definition) is 3. The van der Waals surface area contributed by atoms with E-state index in [0.29, 0.717) is 19.5 Å². The summed E-state index contributed by atoms with van der Waals surface area (Å²) in [5.41, 5.74) is -0.149. The fraction of sp³-hybridized carbons (Fsp3) is 0.706. The number of nitrogens with zero attached hydrogens (tertiary/aromatic N) is 3. The first-order valence-electron chi connectivity index (χ1n) is 8.80. The smallest absolute Gasteiger partial charge is 0.279 e. The summed E-state index contributed by atoms with van der Waals surface area (Å²) in [6.45, 7) is 3.20. The normalized spacial score (nSPS) is 27.0. The van der Waals surface area contributed by atoms with Gasteiger partial charge in [0, 0.05) is 19.5 Å². The number of likely N-dealkylation sites (tertiary alicyclic amines) is 1. The summed E-state index contributed by atoms with van der Waals surface area (Å²) in [6, 6.07) is 1.03. The third-order valence-electron chi connectivity index (χ3n) is 5.80. The van der Waals surface area contributed by atoms with E-state index in [1.54, 1.807) is 4.90 Å². The van der Waals surface area contributed by atoms with Gasteiger partial charge in [-0.3, -0.25) is 14.7 Å². The number of fused-ring (bicyclic) bond motifs is 2. The lowest BCUT2D eigenvalue weighted by Gasteiger charge is -2.41. The van der Waals surface area contributed by atoms with Crippen molar-refractivity contribution in [2.75, 3.05) is 13.1 Å². The van der Waals surface area contributed by atoms with E-state index >= 15 is 0 Å². The minimum absolute atomic E-state index is 0.0254. The molecule has 0 spiro atoms. The van der Waals surface area contributed by atoms with Crippen molar-refractivity contribution in [1.82, 2.24) is 20.0 Å². The van der Waals surface area contributed by atoms with E-state index in [-0.39, 0.29) is 40.7 Å². The van der Waals surface area contributed by atoms with Gasteiger partial charge in [0.15, 0.2) is 5.69 Å². The van der Waals surface area contributed by atoms with Crippen LogP contribution in [-0.4, -0.2) is 57.0 Å². The SMILES string of the molecule is CC1(CC(=O)N2CC3CCC(C2)N3C(=O)c2cc(C(F)F)[nH]n2)CC1. The highest BCUT2D eigenvalue weighted by Crippen LogP contribution is 2.48. The number of carbonyl (C=O) groups excluding carboxylic acids is 2. The zero-order valence-corrected chi connectivity index (χ0v) is 14.2. The van der Waals surface area contributed by atoms with Crippen molar-refractivity contribution >= 4 is 11.8 Å². The molecule has 3 heterocycles. The lowest BCUT2D eigenvalue weighted by atomic mass is 10.0. The molecule has 0 radical (unpaired) electrons. The first-order chi connectivity index (χ1) is 11.9. The van der Waals surface area contributed by atoms with Gasteiger partial charge >= 0.3 is 0 Å². The van der Waals surface area contributed by atoms with Crippen LogP contribution in [0, 0.1) is 5.41 Å². The molecule has 2 atom stereocenters. The largest absolute Gasteiger partial charge is 0.339 e. The predicted octanol–water partition coefficient (Wildman–Crippen LogP) is 2.35. The predicted molar refractivity (Wildman–Crippen MR) is 85.1 cm³/mol. The number of rotatable bonds is 4. The molecule has 6 nitrogen and oxygen atoms in total. The molecule has 136 valence electrons. The van der Waals surface area contributed by atoms with Crippen molar-refractivity contribution in [2.24, 2.45) is 5.41 Å². The molecular weight excluding hydrogens is 330 g/mol. The number of nitrogens with one attached hydrogen (secondary N) is 1. The Kier molecular flexibility index (Phi) is 3.81. The molecule has 0 aromatic carbocycles. The summed E-state index contributed by atoms with van der Waals surface area (Å²) in [6.07, 6.45) is 1.79. The second-order valence-electron chi connectivity index (χ2n) is 7.89. The molecule has 1 aromatic heterocycles. The maximum absolute atomic E-state index is 12.7. The van der Waals surface area contributed by atoms with Gasteiger partial charge in [0.1, 0.15) is 5.69 Å². The maximum Gasteiger partial charge on any atom is 0.279 e. The van der Waals surface area contributed by atoms with E-state index in [4.69, 9.17) is 0 Å². The van der Waals surface area contributed by atoms with Crippen LogP contribution in [0.5, 0.6) is 0 Å². The third-order valence-corrected chi connectivity index (χ3v) is 5.80. The Balaban J connectivity index is 1.44. The van der Waals surface area contributed by atoms with Crippen LogP contribution < -0.4 is 0 Å². The Morgan fingerprint density at radius 3 is 2.48 bits per heavy atom. The van der Waals surface area contributed by atoms with Gasteiger partial charge < -0.3 is 9.80 Å².